The molecule has 0 saturated heterocycles. The van der Waals surface area contributed by atoms with E-state index in [2.05, 4.69) is 10.6 Å². The number of hydrogen-bond donors (Lipinski definition) is 3. The Kier molecular flexibility index (Phi) is 7.41. The molecule has 0 aromatic heterocycles. The Morgan fingerprint density at radius 3 is 2.57 bits per heavy atom. The number of Topliss-reactive ketones (excluding diaryl/α,β-unsaturated/α-hetero) is 1. The lowest BCUT2D eigenvalue weighted by molar-refractivity contribution is -0.885. The summed E-state index contributed by atoms with van der Waals surface area (Å²) < 4.78 is 0. The summed E-state index contributed by atoms with van der Waals surface area (Å²) >= 11 is 0. The lowest BCUT2D eigenvalue weighted by Crippen LogP contribution is -3.15. The maximum atomic E-state index is 12.3. The van der Waals surface area contributed by atoms with Crippen molar-refractivity contribution in [3.8, 4) is 0 Å². The molecule has 0 spiro atoms. The van der Waals surface area contributed by atoms with E-state index in [1.54, 1.807) is 31.2 Å². The lowest BCUT2D eigenvalue weighted by Gasteiger charge is -2.20. The Hall–Kier alpha value is -2.21. The molecule has 0 fully saturated rings. The van der Waals surface area contributed by atoms with Gasteiger partial charge in [0, 0.05) is 17.8 Å². The van der Waals surface area contributed by atoms with Crippen LogP contribution >= 0.6 is 0 Å². The molecule has 0 heterocycles. The van der Waals surface area contributed by atoms with Gasteiger partial charge in [-0.05, 0) is 32.4 Å². The van der Waals surface area contributed by atoms with Gasteiger partial charge in [-0.3, -0.25) is 14.4 Å². The number of quaternary nitrogens is 1. The predicted octanol–water partition coefficient (Wildman–Crippen LogP) is 0.257. The Morgan fingerprint density at radius 1 is 1.26 bits per heavy atom. The average molecular weight is 320 g/mol. The van der Waals surface area contributed by atoms with E-state index in [9.17, 15) is 14.4 Å². The summed E-state index contributed by atoms with van der Waals surface area (Å²) in [6, 6.07) is 6.43. The molecule has 1 aromatic rings. The van der Waals surface area contributed by atoms with E-state index in [4.69, 9.17) is 0 Å². The van der Waals surface area contributed by atoms with Crippen LogP contribution in [0.1, 0.15) is 37.6 Å². The van der Waals surface area contributed by atoms with Crippen molar-refractivity contribution in [3.63, 3.8) is 0 Å². The molecule has 0 aliphatic carbocycles. The van der Waals surface area contributed by atoms with Gasteiger partial charge in [-0.2, -0.15) is 0 Å². The number of carbonyl (C=O) groups is 3. The van der Waals surface area contributed by atoms with Crippen molar-refractivity contribution in [2.75, 3.05) is 25.5 Å². The molecule has 2 atom stereocenters. The van der Waals surface area contributed by atoms with Crippen molar-refractivity contribution in [3.05, 3.63) is 29.8 Å². The highest BCUT2D eigenvalue weighted by Gasteiger charge is 2.23. The van der Waals surface area contributed by atoms with Crippen LogP contribution in [-0.4, -0.2) is 43.8 Å². The lowest BCUT2D eigenvalue weighted by atomic mass is 10.1. The van der Waals surface area contributed by atoms with Gasteiger partial charge in [0.2, 0.25) is 0 Å². The van der Waals surface area contributed by atoms with Gasteiger partial charge in [0.25, 0.3) is 11.8 Å². The maximum Gasteiger partial charge on any atom is 0.282 e. The molecular weight excluding hydrogens is 294 g/mol. The Morgan fingerprint density at radius 2 is 1.96 bits per heavy atom. The summed E-state index contributed by atoms with van der Waals surface area (Å²) in [6.45, 7) is 6.12. The van der Waals surface area contributed by atoms with E-state index in [0.717, 1.165) is 11.3 Å². The molecule has 2 amide bonds. The molecule has 1 aromatic carbocycles. The van der Waals surface area contributed by atoms with Gasteiger partial charge in [-0.1, -0.05) is 19.1 Å². The van der Waals surface area contributed by atoms with Gasteiger partial charge in [-0.25, -0.2) is 0 Å². The minimum Gasteiger partial charge on any atom is -0.351 e. The van der Waals surface area contributed by atoms with Crippen molar-refractivity contribution >= 4 is 23.3 Å². The summed E-state index contributed by atoms with van der Waals surface area (Å²) in [6.07, 6.45) is 0.882. The zero-order valence-electron chi connectivity index (χ0n) is 14.2. The fourth-order valence-corrected chi connectivity index (χ4v) is 2.02. The van der Waals surface area contributed by atoms with Gasteiger partial charge in [0.05, 0.1) is 7.05 Å². The van der Waals surface area contributed by atoms with E-state index in [1.807, 2.05) is 14.0 Å². The Bertz CT molecular complexity index is 572. The van der Waals surface area contributed by atoms with Crippen LogP contribution in [0, 0.1) is 0 Å². The molecule has 0 bridgehead atoms. The van der Waals surface area contributed by atoms with Crippen molar-refractivity contribution in [1.29, 1.82) is 0 Å². The molecule has 1 rings (SSSR count). The van der Waals surface area contributed by atoms with Crippen molar-refractivity contribution < 1.29 is 19.3 Å². The third-order valence-corrected chi connectivity index (χ3v) is 3.68. The predicted molar refractivity (Wildman–Crippen MR) is 89.6 cm³/mol. The highest BCUT2D eigenvalue weighted by molar-refractivity contribution is 5.98. The molecule has 23 heavy (non-hydrogen) atoms. The number of carbonyl (C=O) groups excluding carboxylic acids is 3. The number of ketones is 1. The number of nitrogens with one attached hydrogen (secondary N) is 3. The standard InChI is InChI=1S/C17H25N3O3/c1-5-9-18-16(22)11-20(4)12(2)17(23)19-15-8-6-7-14(10-15)13(3)21/h6-8,10,12H,5,9,11H2,1-4H3,(H,18,22)(H,19,23)/p+1/t12-/m1/s1. The summed E-state index contributed by atoms with van der Waals surface area (Å²) in [5, 5.41) is 5.59. The smallest absolute Gasteiger partial charge is 0.282 e. The van der Waals surface area contributed by atoms with Crippen LogP contribution < -0.4 is 15.5 Å². The number of rotatable bonds is 8. The molecule has 0 aliphatic heterocycles. The maximum absolute atomic E-state index is 12.3. The number of amides is 2. The van der Waals surface area contributed by atoms with Crippen LogP contribution in [-0.2, 0) is 9.59 Å². The fraction of sp³-hybridized carbons (Fsp3) is 0.471. The highest BCUT2D eigenvalue weighted by Crippen LogP contribution is 2.11. The van der Waals surface area contributed by atoms with E-state index in [0.29, 0.717) is 17.8 Å². The van der Waals surface area contributed by atoms with Gasteiger partial charge in [0.1, 0.15) is 0 Å². The van der Waals surface area contributed by atoms with Crippen LogP contribution in [0.15, 0.2) is 24.3 Å². The topological polar surface area (TPSA) is 79.7 Å². The summed E-state index contributed by atoms with van der Waals surface area (Å²) in [5.74, 6) is -0.307. The summed E-state index contributed by atoms with van der Waals surface area (Å²) in [5.41, 5.74) is 1.13. The van der Waals surface area contributed by atoms with Crippen molar-refractivity contribution in [2.24, 2.45) is 0 Å². The van der Waals surface area contributed by atoms with Gasteiger partial charge in [-0.15, -0.1) is 0 Å². The van der Waals surface area contributed by atoms with E-state index in [1.165, 1.54) is 6.92 Å². The number of benzene rings is 1. The molecular formula is C17H26N3O3+. The zero-order chi connectivity index (χ0) is 17.4. The molecule has 0 aliphatic rings. The third-order valence-electron chi connectivity index (χ3n) is 3.68. The van der Waals surface area contributed by atoms with Gasteiger partial charge >= 0.3 is 0 Å². The van der Waals surface area contributed by atoms with Crippen LogP contribution in [0.2, 0.25) is 0 Å². The van der Waals surface area contributed by atoms with Crippen LogP contribution in [0.5, 0.6) is 0 Å². The molecule has 6 heteroatoms. The van der Waals surface area contributed by atoms with Crippen molar-refractivity contribution in [2.45, 2.75) is 33.2 Å². The molecule has 0 radical (unpaired) electrons. The molecule has 126 valence electrons. The second-order valence-electron chi connectivity index (χ2n) is 5.72. The average Bonchev–Trinajstić information content (AvgIpc) is 2.52. The normalized spacial score (nSPS) is 13.0. The zero-order valence-corrected chi connectivity index (χ0v) is 14.2. The molecule has 0 saturated carbocycles. The minimum atomic E-state index is -0.386. The second kappa shape index (κ2) is 9.05. The van der Waals surface area contributed by atoms with Crippen molar-refractivity contribution in [1.82, 2.24) is 5.32 Å². The van der Waals surface area contributed by atoms with E-state index < -0.39 is 0 Å². The van der Waals surface area contributed by atoms with Crippen LogP contribution in [0.4, 0.5) is 5.69 Å². The number of hydrogen-bond acceptors (Lipinski definition) is 3. The van der Waals surface area contributed by atoms with E-state index in [-0.39, 0.29) is 30.2 Å². The molecule has 3 N–H and O–H groups in total. The minimum absolute atomic E-state index is 0.0514. The summed E-state index contributed by atoms with van der Waals surface area (Å²) in [4.78, 5) is 36.2. The first-order chi connectivity index (χ1) is 10.8. The first-order valence-corrected chi connectivity index (χ1v) is 7.86. The first-order valence-electron chi connectivity index (χ1n) is 7.86. The SMILES string of the molecule is CCCNC(=O)C[NH+](C)[C@H](C)C(=O)Nc1cccc(C(C)=O)c1. The fourth-order valence-electron chi connectivity index (χ4n) is 2.02. The Balaban J connectivity index is 2.61. The quantitative estimate of drug-likeness (QED) is 0.601. The second-order valence-corrected chi connectivity index (χ2v) is 5.72. The molecule has 1 unspecified atom stereocenters. The molecule has 6 nitrogen and oxygen atoms in total. The van der Waals surface area contributed by atoms with Crippen LogP contribution in [0.3, 0.4) is 0 Å². The first kappa shape index (κ1) is 18.8. The van der Waals surface area contributed by atoms with Crippen LogP contribution in [0.25, 0.3) is 0 Å². The largest absolute Gasteiger partial charge is 0.351 e. The summed E-state index contributed by atoms with van der Waals surface area (Å²) in [7, 11) is 1.81. The number of anilines is 1. The number of likely N-dealkylation sites (N-methyl/N-ethyl adjacent to an activating group) is 1. The third kappa shape index (κ3) is 6.20. The Labute approximate surface area is 137 Å². The van der Waals surface area contributed by atoms with Gasteiger partial charge < -0.3 is 15.5 Å². The monoisotopic (exact) mass is 320 g/mol. The van der Waals surface area contributed by atoms with Gasteiger partial charge in [0.15, 0.2) is 18.4 Å². The van der Waals surface area contributed by atoms with E-state index >= 15 is 0 Å². The highest BCUT2D eigenvalue weighted by atomic mass is 16.2.